The third kappa shape index (κ3) is 7.11. The summed E-state index contributed by atoms with van der Waals surface area (Å²) in [5, 5.41) is 8.77. The molecule has 0 spiro atoms. The highest BCUT2D eigenvalue weighted by atomic mass is 127. The summed E-state index contributed by atoms with van der Waals surface area (Å²) in [7, 11) is 5.08. The lowest BCUT2D eigenvalue weighted by atomic mass is 10.1. The minimum Gasteiger partial charge on any atom is -0.493 e. The van der Waals surface area contributed by atoms with Crippen LogP contribution in [0.15, 0.2) is 40.7 Å². The number of aliphatic imine (C=N–C) groups is 1. The molecule has 1 aromatic heterocycles. The number of hydrogen-bond acceptors (Lipinski definition) is 4. The minimum absolute atomic E-state index is 0. The molecule has 0 amide bonds. The fourth-order valence-electron chi connectivity index (χ4n) is 2.34. The van der Waals surface area contributed by atoms with E-state index in [9.17, 15) is 0 Å². The second kappa shape index (κ2) is 12.0. The van der Waals surface area contributed by atoms with Crippen molar-refractivity contribution in [2.75, 3.05) is 34.4 Å². The van der Waals surface area contributed by atoms with E-state index < -0.39 is 0 Å². The van der Waals surface area contributed by atoms with Crippen molar-refractivity contribution < 1.29 is 9.47 Å². The summed E-state index contributed by atoms with van der Waals surface area (Å²) in [6.07, 6.45) is 1.89. The fourth-order valence-corrected chi connectivity index (χ4v) is 3.05. The van der Waals surface area contributed by atoms with Crippen LogP contribution in [0.2, 0.25) is 0 Å². The Morgan fingerprint density at radius 3 is 2.36 bits per heavy atom. The second-order valence-electron chi connectivity index (χ2n) is 5.19. The van der Waals surface area contributed by atoms with E-state index in [2.05, 4.69) is 39.2 Å². The molecule has 2 rings (SSSR count). The fraction of sp³-hybridized carbons (Fsp3) is 0.389. The maximum Gasteiger partial charge on any atom is 0.190 e. The highest BCUT2D eigenvalue weighted by Gasteiger charge is 2.05. The monoisotopic (exact) mass is 475 g/mol. The van der Waals surface area contributed by atoms with Gasteiger partial charge in [0, 0.05) is 25.0 Å². The molecule has 0 saturated heterocycles. The maximum absolute atomic E-state index is 5.33. The van der Waals surface area contributed by atoms with Crippen LogP contribution in [0.1, 0.15) is 10.4 Å². The van der Waals surface area contributed by atoms with Crippen LogP contribution in [-0.2, 0) is 12.8 Å². The van der Waals surface area contributed by atoms with Crippen LogP contribution >= 0.6 is 35.3 Å². The molecule has 25 heavy (non-hydrogen) atoms. The number of guanidine groups is 1. The van der Waals surface area contributed by atoms with E-state index in [1.54, 1.807) is 32.6 Å². The van der Waals surface area contributed by atoms with Gasteiger partial charge in [0.15, 0.2) is 17.5 Å². The van der Waals surface area contributed by atoms with Crippen molar-refractivity contribution in [1.82, 2.24) is 10.6 Å². The largest absolute Gasteiger partial charge is 0.493 e. The van der Waals surface area contributed by atoms with Gasteiger partial charge in [-0.3, -0.25) is 4.99 Å². The third-order valence-corrected chi connectivity index (χ3v) is 4.56. The second-order valence-corrected chi connectivity index (χ2v) is 6.23. The van der Waals surface area contributed by atoms with E-state index in [0.717, 1.165) is 43.4 Å². The summed E-state index contributed by atoms with van der Waals surface area (Å²) in [5.41, 5.74) is 1.19. The molecule has 0 saturated carbocycles. The van der Waals surface area contributed by atoms with Crippen LogP contribution in [0.5, 0.6) is 11.5 Å². The van der Waals surface area contributed by atoms with Crippen LogP contribution in [0.4, 0.5) is 0 Å². The van der Waals surface area contributed by atoms with Crippen molar-refractivity contribution in [2.45, 2.75) is 12.8 Å². The Morgan fingerprint density at radius 2 is 1.76 bits per heavy atom. The molecular weight excluding hydrogens is 449 g/mol. The van der Waals surface area contributed by atoms with E-state index >= 15 is 0 Å². The molecular formula is C18H26IN3O2S. The Hall–Kier alpha value is -1.48. The van der Waals surface area contributed by atoms with Gasteiger partial charge in [0.1, 0.15) is 0 Å². The normalized spacial score (nSPS) is 10.8. The van der Waals surface area contributed by atoms with Gasteiger partial charge in [-0.1, -0.05) is 12.1 Å². The SMILES string of the molecule is CN=C(NCCc1ccc(OC)c(OC)c1)NCCc1cccs1.I. The first-order chi connectivity index (χ1) is 11.8. The molecule has 2 aromatic rings. The number of benzene rings is 1. The van der Waals surface area contributed by atoms with E-state index in [4.69, 9.17) is 9.47 Å². The van der Waals surface area contributed by atoms with E-state index in [1.165, 1.54) is 10.4 Å². The van der Waals surface area contributed by atoms with Gasteiger partial charge in [-0.2, -0.15) is 0 Å². The summed E-state index contributed by atoms with van der Waals surface area (Å²) in [6.45, 7) is 1.67. The number of methoxy groups -OCH3 is 2. The Kier molecular flexibility index (Phi) is 10.3. The molecule has 0 aliphatic rings. The quantitative estimate of drug-likeness (QED) is 0.350. The van der Waals surface area contributed by atoms with Gasteiger partial charge in [-0.05, 0) is 42.0 Å². The van der Waals surface area contributed by atoms with Crippen molar-refractivity contribution in [3.05, 3.63) is 46.2 Å². The first kappa shape index (κ1) is 21.6. The minimum atomic E-state index is 0. The predicted octanol–water partition coefficient (Wildman–Crippen LogP) is 3.33. The highest BCUT2D eigenvalue weighted by Crippen LogP contribution is 2.27. The Labute approximate surface area is 170 Å². The van der Waals surface area contributed by atoms with Gasteiger partial charge in [-0.25, -0.2) is 0 Å². The summed E-state index contributed by atoms with van der Waals surface area (Å²) in [4.78, 5) is 5.63. The first-order valence-corrected chi connectivity index (χ1v) is 8.82. The predicted molar refractivity (Wildman–Crippen MR) is 116 cm³/mol. The zero-order valence-electron chi connectivity index (χ0n) is 14.9. The van der Waals surface area contributed by atoms with Crippen LogP contribution in [0.3, 0.4) is 0 Å². The third-order valence-electron chi connectivity index (χ3n) is 3.62. The van der Waals surface area contributed by atoms with Gasteiger partial charge >= 0.3 is 0 Å². The molecule has 7 heteroatoms. The molecule has 5 nitrogen and oxygen atoms in total. The van der Waals surface area contributed by atoms with E-state index in [-0.39, 0.29) is 24.0 Å². The van der Waals surface area contributed by atoms with Crippen LogP contribution in [0, 0.1) is 0 Å². The average Bonchev–Trinajstić information content (AvgIpc) is 3.13. The van der Waals surface area contributed by atoms with Crippen LogP contribution in [-0.4, -0.2) is 40.3 Å². The van der Waals surface area contributed by atoms with Crippen molar-refractivity contribution in [1.29, 1.82) is 0 Å². The molecule has 1 aromatic carbocycles. The molecule has 0 aliphatic carbocycles. The smallest absolute Gasteiger partial charge is 0.190 e. The summed E-state index contributed by atoms with van der Waals surface area (Å²) >= 11 is 1.78. The van der Waals surface area contributed by atoms with Crippen molar-refractivity contribution in [3.8, 4) is 11.5 Å². The molecule has 0 bridgehead atoms. The number of thiophene rings is 1. The standard InChI is InChI=1S/C18H25N3O2S.HI/c1-19-18(21-11-9-15-5-4-12-24-15)20-10-8-14-6-7-16(22-2)17(13-14)23-3;/h4-7,12-13H,8-11H2,1-3H3,(H2,19,20,21);1H. The maximum atomic E-state index is 5.33. The summed E-state index contributed by atoms with van der Waals surface area (Å²) in [6, 6.07) is 10.2. The summed E-state index contributed by atoms with van der Waals surface area (Å²) in [5.74, 6) is 2.33. The lowest BCUT2D eigenvalue weighted by molar-refractivity contribution is 0.354. The molecule has 0 radical (unpaired) electrons. The van der Waals surface area contributed by atoms with Crippen molar-refractivity contribution >= 4 is 41.3 Å². The molecule has 1 heterocycles. The molecule has 2 N–H and O–H groups in total. The van der Waals surface area contributed by atoms with Gasteiger partial charge < -0.3 is 20.1 Å². The number of nitrogens with zero attached hydrogens (tertiary/aromatic N) is 1. The van der Waals surface area contributed by atoms with Crippen molar-refractivity contribution in [3.63, 3.8) is 0 Å². The number of halogens is 1. The van der Waals surface area contributed by atoms with Gasteiger partial charge in [0.25, 0.3) is 0 Å². The van der Waals surface area contributed by atoms with Crippen LogP contribution in [0.25, 0.3) is 0 Å². The zero-order valence-corrected chi connectivity index (χ0v) is 18.0. The molecule has 0 aliphatic heterocycles. The van der Waals surface area contributed by atoms with Crippen LogP contribution < -0.4 is 20.1 Å². The number of rotatable bonds is 8. The molecule has 0 atom stereocenters. The van der Waals surface area contributed by atoms with Gasteiger partial charge in [-0.15, -0.1) is 35.3 Å². The van der Waals surface area contributed by atoms with E-state index in [1.807, 2.05) is 12.1 Å². The Balaban J connectivity index is 0.00000312. The number of hydrogen-bond donors (Lipinski definition) is 2. The summed E-state index contributed by atoms with van der Waals surface area (Å²) < 4.78 is 10.6. The Morgan fingerprint density at radius 1 is 1.04 bits per heavy atom. The lowest BCUT2D eigenvalue weighted by Crippen LogP contribution is -2.39. The number of nitrogens with one attached hydrogen (secondary N) is 2. The van der Waals surface area contributed by atoms with Gasteiger partial charge in [0.05, 0.1) is 14.2 Å². The zero-order chi connectivity index (χ0) is 17.2. The highest BCUT2D eigenvalue weighted by molar-refractivity contribution is 14.0. The Bertz CT molecular complexity index is 648. The average molecular weight is 475 g/mol. The molecule has 138 valence electrons. The van der Waals surface area contributed by atoms with Gasteiger partial charge in [0.2, 0.25) is 0 Å². The van der Waals surface area contributed by atoms with E-state index in [0.29, 0.717) is 0 Å². The van der Waals surface area contributed by atoms with Crippen molar-refractivity contribution in [2.24, 2.45) is 4.99 Å². The number of ether oxygens (including phenoxy) is 2. The lowest BCUT2D eigenvalue weighted by Gasteiger charge is -2.12. The molecule has 0 fully saturated rings. The molecule has 0 unspecified atom stereocenters. The first-order valence-electron chi connectivity index (χ1n) is 7.94. The topological polar surface area (TPSA) is 54.9 Å².